The van der Waals surface area contributed by atoms with E-state index in [1.165, 1.54) is 6.20 Å². The molecule has 0 bridgehead atoms. The summed E-state index contributed by atoms with van der Waals surface area (Å²) in [7, 11) is 0. The highest BCUT2D eigenvalue weighted by atomic mass is 16.2. The number of piperazine rings is 1. The molecule has 1 aliphatic rings. The Kier molecular flexibility index (Phi) is 5.40. The summed E-state index contributed by atoms with van der Waals surface area (Å²) >= 11 is 0. The van der Waals surface area contributed by atoms with E-state index in [2.05, 4.69) is 22.1 Å². The van der Waals surface area contributed by atoms with Gasteiger partial charge in [0.15, 0.2) is 0 Å². The number of para-hydroxylation sites is 1. The van der Waals surface area contributed by atoms with Crippen LogP contribution in [0.3, 0.4) is 0 Å². The largest absolute Gasteiger partial charge is 0.335 e. The molecule has 1 saturated heterocycles. The lowest BCUT2D eigenvalue weighted by molar-refractivity contribution is 0.0637. The van der Waals surface area contributed by atoms with E-state index in [4.69, 9.17) is 0 Å². The van der Waals surface area contributed by atoms with Crippen molar-refractivity contribution in [2.45, 2.75) is 6.92 Å². The van der Waals surface area contributed by atoms with Gasteiger partial charge in [-0.25, -0.2) is 0 Å². The van der Waals surface area contributed by atoms with E-state index in [0.29, 0.717) is 30.0 Å². The van der Waals surface area contributed by atoms with Crippen LogP contribution in [-0.2, 0) is 0 Å². The third-order valence-corrected chi connectivity index (χ3v) is 4.38. The Bertz CT molecular complexity index is 740. The first-order valence-electron chi connectivity index (χ1n) is 8.51. The Morgan fingerprint density at radius 2 is 1.80 bits per heavy atom. The molecule has 6 heteroatoms. The average Bonchev–Trinajstić information content (AvgIpc) is 2.68. The molecule has 130 valence electrons. The lowest BCUT2D eigenvalue weighted by Crippen LogP contribution is -2.48. The maximum absolute atomic E-state index is 12.6. The number of anilines is 1. The number of pyridine rings is 1. The summed E-state index contributed by atoms with van der Waals surface area (Å²) in [5.41, 5.74) is 1.45. The van der Waals surface area contributed by atoms with E-state index in [1.54, 1.807) is 17.0 Å². The second kappa shape index (κ2) is 7.90. The molecule has 1 fully saturated rings. The van der Waals surface area contributed by atoms with Gasteiger partial charge in [0.1, 0.15) is 5.69 Å². The Balaban J connectivity index is 1.68. The highest BCUT2D eigenvalue weighted by Gasteiger charge is 2.22. The molecule has 0 aliphatic carbocycles. The molecular formula is C19H22N4O2. The molecular weight excluding hydrogens is 316 g/mol. The quantitative estimate of drug-likeness (QED) is 0.927. The van der Waals surface area contributed by atoms with Crippen LogP contribution in [0.1, 0.15) is 27.8 Å². The minimum atomic E-state index is -0.251. The number of rotatable bonds is 4. The van der Waals surface area contributed by atoms with E-state index >= 15 is 0 Å². The first kappa shape index (κ1) is 17.1. The maximum Gasteiger partial charge on any atom is 0.272 e. The fraction of sp³-hybridized carbons (Fsp3) is 0.316. The number of amides is 2. The molecule has 25 heavy (non-hydrogen) atoms. The molecule has 2 aromatic rings. The third kappa shape index (κ3) is 4.22. The van der Waals surface area contributed by atoms with Crippen molar-refractivity contribution in [3.05, 3.63) is 59.9 Å². The first-order chi connectivity index (χ1) is 12.2. The molecule has 3 rings (SSSR count). The molecule has 2 heterocycles. The number of nitrogens with zero attached hydrogens (tertiary/aromatic N) is 3. The number of aromatic nitrogens is 1. The van der Waals surface area contributed by atoms with E-state index in [9.17, 15) is 9.59 Å². The van der Waals surface area contributed by atoms with Crippen molar-refractivity contribution in [3.63, 3.8) is 0 Å². The lowest BCUT2D eigenvalue weighted by atomic mass is 10.2. The maximum atomic E-state index is 12.6. The molecule has 0 radical (unpaired) electrons. The van der Waals surface area contributed by atoms with Gasteiger partial charge in [0.25, 0.3) is 11.8 Å². The predicted octanol–water partition coefficient (Wildman–Crippen LogP) is 2.11. The van der Waals surface area contributed by atoms with Gasteiger partial charge < -0.3 is 15.1 Å². The topological polar surface area (TPSA) is 65.5 Å². The van der Waals surface area contributed by atoms with Crippen LogP contribution < -0.4 is 5.32 Å². The minimum Gasteiger partial charge on any atom is -0.335 e. The van der Waals surface area contributed by atoms with Gasteiger partial charge >= 0.3 is 0 Å². The standard InChI is InChI=1S/C19H22N4O2/c1-2-22-10-12-23(13-11-22)19(25)17-14-15(8-9-20-17)18(24)21-16-6-4-3-5-7-16/h3-9,14H,2,10-13H2,1H3,(H,21,24). The molecule has 1 aromatic carbocycles. The van der Waals surface area contributed by atoms with Gasteiger partial charge in [-0.15, -0.1) is 0 Å². The highest BCUT2D eigenvalue weighted by molar-refractivity contribution is 6.05. The number of hydrogen-bond donors (Lipinski definition) is 1. The Morgan fingerprint density at radius 1 is 1.08 bits per heavy atom. The van der Waals surface area contributed by atoms with Crippen LogP contribution in [0.25, 0.3) is 0 Å². The Hall–Kier alpha value is -2.73. The number of carbonyl (C=O) groups excluding carboxylic acids is 2. The molecule has 2 amide bonds. The van der Waals surface area contributed by atoms with Crippen molar-refractivity contribution >= 4 is 17.5 Å². The van der Waals surface area contributed by atoms with Gasteiger partial charge in [-0.05, 0) is 30.8 Å². The summed E-state index contributed by atoms with van der Waals surface area (Å²) in [6.45, 7) is 6.24. The van der Waals surface area contributed by atoms with E-state index in [1.807, 2.05) is 30.3 Å². The number of hydrogen-bond acceptors (Lipinski definition) is 4. The first-order valence-corrected chi connectivity index (χ1v) is 8.51. The number of benzene rings is 1. The molecule has 1 aromatic heterocycles. The number of likely N-dealkylation sites (N-methyl/N-ethyl adjacent to an activating group) is 1. The average molecular weight is 338 g/mol. The van der Waals surface area contributed by atoms with Crippen LogP contribution in [0.15, 0.2) is 48.7 Å². The molecule has 0 saturated carbocycles. The fourth-order valence-electron chi connectivity index (χ4n) is 2.84. The number of nitrogens with one attached hydrogen (secondary N) is 1. The normalized spacial score (nSPS) is 15.0. The monoisotopic (exact) mass is 338 g/mol. The molecule has 1 N–H and O–H groups in total. The van der Waals surface area contributed by atoms with Crippen LogP contribution in [0.2, 0.25) is 0 Å². The van der Waals surface area contributed by atoms with Crippen LogP contribution >= 0.6 is 0 Å². The van der Waals surface area contributed by atoms with E-state index < -0.39 is 0 Å². The summed E-state index contributed by atoms with van der Waals surface area (Å²) in [6.07, 6.45) is 1.51. The molecule has 0 atom stereocenters. The van der Waals surface area contributed by atoms with Crippen LogP contribution in [0.5, 0.6) is 0 Å². The van der Waals surface area contributed by atoms with Gasteiger partial charge in [0.05, 0.1) is 0 Å². The van der Waals surface area contributed by atoms with E-state index in [-0.39, 0.29) is 11.8 Å². The van der Waals surface area contributed by atoms with Crippen molar-refractivity contribution in [2.24, 2.45) is 0 Å². The molecule has 6 nitrogen and oxygen atoms in total. The fourth-order valence-corrected chi connectivity index (χ4v) is 2.84. The summed E-state index contributed by atoms with van der Waals surface area (Å²) in [5.74, 6) is -0.372. The SMILES string of the molecule is CCN1CCN(C(=O)c2cc(C(=O)Nc3ccccc3)ccn2)CC1. The Morgan fingerprint density at radius 3 is 2.48 bits per heavy atom. The van der Waals surface area contributed by atoms with Gasteiger partial charge in [0, 0.05) is 43.6 Å². The molecule has 1 aliphatic heterocycles. The predicted molar refractivity (Wildman–Crippen MR) is 96.6 cm³/mol. The zero-order valence-electron chi connectivity index (χ0n) is 14.3. The van der Waals surface area contributed by atoms with Crippen molar-refractivity contribution in [1.29, 1.82) is 0 Å². The van der Waals surface area contributed by atoms with Gasteiger partial charge in [-0.3, -0.25) is 14.6 Å². The van der Waals surface area contributed by atoms with Crippen molar-refractivity contribution < 1.29 is 9.59 Å². The van der Waals surface area contributed by atoms with Crippen LogP contribution in [0, 0.1) is 0 Å². The lowest BCUT2D eigenvalue weighted by Gasteiger charge is -2.33. The number of carbonyl (C=O) groups is 2. The second-order valence-electron chi connectivity index (χ2n) is 5.98. The van der Waals surface area contributed by atoms with Crippen molar-refractivity contribution in [1.82, 2.24) is 14.8 Å². The highest BCUT2D eigenvalue weighted by Crippen LogP contribution is 2.11. The smallest absolute Gasteiger partial charge is 0.272 e. The third-order valence-electron chi connectivity index (χ3n) is 4.38. The summed E-state index contributed by atoms with van der Waals surface area (Å²) in [6, 6.07) is 12.4. The summed E-state index contributed by atoms with van der Waals surface area (Å²) < 4.78 is 0. The minimum absolute atomic E-state index is 0.120. The molecule has 0 unspecified atom stereocenters. The zero-order chi connectivity index (χ0) is 17.6. The van der Waals surface area contributed by atoms with Crippen LogP contribution in [-0.4, -0.2) is 59.3 Å². The van der Waals surface area contributed by atoms with Gasteiger partial charge in [-0.1, -0.05) is 25.1 Å². The van der Waals surface area contributed by atoms with E-state index in [0.717, 1.165) is 19.6 Å². The summed E-state index contributed by atoms with van der Waals surface area (Å²) in [4.78, 5) is 33.3. The summed E-state index contributed by atoms with van der Waals surface area (Å²) in [5, 5.41) is 2.82. The van der Waals surface area contributed by atoms with Crippen molar-refractivity contribution in [3.8, 4) is 0 Å². The Labute approximate surface area is 147 Å². The second-order valence-corrected chi connectivity index (χ2v) is 5.98. The van der Waals surface area contributed by atoms with Crippen molar-refractivity contribution in [2.75, 3.05) is 38.0 Å². The van der Waals surface area contributed by atoms with Crippen LogP contribution in [0.4, 0.5) is 5.69 Å². The van der Waals surface area contributed by atoms with Gasteiger partial charge in [0.2, 0.25) is 0 Å². The molecule has 0 spiro atoms. The zero-order valence-corrected chi connectivity index (χ0v) is 14.3. The van der Waals surface area contributed by atoms with Gasteiger partial charge in [-0.2, -0.15) is 0 Å².